The van der Waals surface area contributed by atoms with Crippen LogP contribution in [0.15, 0.2) is 17.2 Å². The SMILES string of the molecule is CNS(=O)(=O)c1cc(C(=O)N2CCCC(O)C2)n(C)c1. The van der Waals surface area contributed by atoms with Gasteiger partial charge in [0.05, 0.1) is 6.10 Å². The van der Waals surface area contributed by atoms with E-state index in [0.29, 0.717) is 18.7 Å². The quantitative estimate of drug-likeness (QED) is 0.789. The van der Waals surface area contributed by atoms with Crippen LogP contribution < -0.4 is 4.72 Å². The smallest absolute Gasteiger partial charge is 0.270 e. The van der Waals surface area contributed by atoms with Gasteiger partial charge in [0.25, 0.3) is 5.91 Å². The molecule has 2 N–H and O–H groups in total. The second-order valence-corrected chi connectivity index (χ2v) is 6.81. The number of carbonyl (C=O) groups excluding carboxylic acids is 1. The number of carbonyl (C=O) groups is 1. The molecular formula is C12H19N3O4S. The monoisotopic (exact) mass is 301 g/mol. The number of aliphatic hydroxyl groups is 1. The van der Waals surface area contributed by atoms with Crippen LogP contribution in [0.1, 0.15) is 23.3 Å². The first-order valence-corrected chi connectivity index (χ1v) is 7.90. The van der Waals surface area contributed by atoms with E-state index in [9.17, 15) is 18.3 Å². The van der Waals surface area contributed by atoms with E-state index >= 15 is 0 Å². The van der Waals surface area contributed by atoms with Gasteiger partial charge in [-0.25, -0.2) is 13.1 Å². The average molecular weight is 301 g/mol. The Labute approximate surface area is 118 Å². The molecule has 0 aromatic carbocycles. The first-order chi connectivity index (χ1) is 9.35. The predicted octanol–water partition coefficient (Wildman–Crippen LogP) is -0.470. The maximum Gasteiger partial charge on any atom is 0.270 e. The standard InChI is InChI=1S/C12H19N3O4S/c1-13-20(18,19)10-6-11(14(2)8-10)12(17)15-5-3-4-9(16)7-15/h6,8-9,13,16H,3-5,7H2,1-2H3. The van der Waals surface area contributed by atoms with Crippen molar-refractivity contribution in [2.75, 3.05) is 20.1 Å². The molecule has 1 aromatic heterocycles. The highest BCUT2D eigenvalue weighted by atomic mass is 32.2. The summed E-state index contributed by atoms with van der Waals surface area (Å²) in [6, 6.07) is 1.36. The molecule has 1 unspecified atom stereocenters. The zero-order chi connectivity index (χ0) is 14.9. The average Bonchev–Trinajstić information content (AvgIpc) is 2.81. The molecule has 0 aliphatic carbocycles. The molecule has 0 radical (unpaired) electrons. The lowest BCUT2D eigenvalue weighted by molar-refractivity contribution is 0.0466. The van der Waals surface area contributed by atoms with Gasteiger partial charge in [0.1, 0.15) is 10.6 Å². The molecule has 1 amide bonds. The number of hydrogen-bond donors (Lipinski definition) is 2. The first kappa shape index (κ1) is 15.0. The van der Waals surface area contributed by atoms with Crippen LogP contribution in [0.25, 0.3) is 0 Å². The molecule has 20 heavy (non-hydrogen) atoms. The summed E-state index contributed by atoms with van der Waals surface area (Å²) in [4.78, 5) is 14.0. The second kappa shape index (κ2) is 5.55. The number of aryl methyl sites for hydroxylation is 1. The summed E-state index contributed by atoms with van der Waals surface area (Å²) in [6.45, 7) is 0.868. The molecule has 1 aromatic rings. The zero-order valence-electron chi connectivity index (χ0n) is 11.5. The Balaban J connectivity index is 2.27. The van der Waals surface area contributed by atoms with Crippen molar-refractivity contribution in [3.05, 3.63) is 18.0 Å². The molecule has 0 saturated carbocycles. The lowest BCUT2D eigenvalue weighted by Crippen LogP contribution is -2.42. The summed E-state index contributed by atoms with van der Waals surface area (Å²) < 4.78 is 27.2. The van der Waals surface area contributed by atoms with Gasteiger partial charge >= 0.3 is 0 Å². The lowest BCUT2D eigenvalue weighted by Gasteiger charge is -2.30. The third kappa shape index (κ3) is 2.87. The van der Waals surface area contributed by atoms with Gasteiger partial charge in [-0.1, -0.05) is 0 Å². The minimum absolute atomic E-state index is 0.0587. The van der Waals surface area contributed by atoms with E-state index in [1.165, 1.54) is 23.9 Å². The van der Waals surface area contributed by atoms with Gasteiger partial charge < -0.3 is 14.6 Å². The van der Waals surface area contributed by atoms with Crippen molar-refractivity contribution in [1.82, 2.24) is 14.2 Å². The lowest BCUT2D eigenvalue weighted by atomic mass is 10.1. The summed E-state index contributed by atoms with van der Waals surface area (Å²) in [6.07, 6.45) is 2.34. The van der Waals surface area contributed by atoms with Crippen LogP contribution in [0.3, 0.4) is 0 Å². The Bertz CT molecular complexity index is 608. The van der Waals surface area contributed by atoms with Crippen LogP contribution >= 0.6 is 0 Å². The van der Waals surface area contributed by atoms with E-state index in [1.54, 1.807) is 11.9 Å². The fourth-order valence-corrected chi connectivity index (χ4v) is 3.11. The molecule has 1 atom stereocenters. The molecule has 1 saturated heterocycles. The number of rotatable bonds is 3. The van der Waals surface area contributed by atoms with E-state index in [-0.39, 0.29) is 17.3 Å². The van der Waals surface area contributed by atoms with E-state index in [1.807, 2.05) is 0 Å². The van der Waals surface area contributed by atoms with Crippen molar-refractivity contribution in [2.24, 2.45) is 7.05 Å². The third-order valence-electron chi connectivity index (χ3n) is 3.46. The Morgan fingerprint density at radius 1 is 1.50 bits per heavy atom. The molecule has 0 spiro atoms. The Hall–Kier alpha value is -1.38. The molecule has 2 rings (SSSR count). The van der Waals surface area contributed by atoms with Crippen LogP contribution in [-0.2, 0) is 17.1 Å². The minimum atomic E-state index is -3.57. The van der Waals surface area contributed by atoms with Crippen molar-refractivity contribution in [2.45, 2.75) is 23.8 Å². The number of sulfonamides is 1. The summed E-state index contributed by atoms with van der Waals surface area (Å²) in [5.41, 5.74) is 0.299. The molecule has 1 aliphatic heterocycles. The first-order valence-electron chi connectivity index (χ1n) is 6.42. The maximum absolute atomic E-state index is 12.4. The number of amides is 1. The maximum atomic E-state index is 12.4. The number of piperidine rings is 1. The molecule has 0 bridgehead atoms. The highest BCUT2D eigenvalue weighted by Crippen LogP contribution is 2.17. The summed E-state index contributed by atoms with van der Waals surface area (Å²) in [5.74, 6) is -0.260. The fourth-order valence-electron chi connectivity index (χ4n) is 2.31. The van der Waals surface area contributed by atoms with E-state index in [4.69, 9.17) is 0 Å². The van der Waals surface area contributed by atoms with Crippen molar-refractivity contribution < 1.29 is 18.3 Å². The molecule has 112 valence electrons. The van der Waals surface area contributed by atoms with E-state index in [0.717, 1.165) is 6.42 Å². The van der Waals surface area contributed by atoms with E-state index < -0.39 is 16.1 Å². The normalized spacial score (nSPS) is 20.1. The van der Waals surface area contributed by atoms with Gasteiger partial charge in [0.15, 0.2) is 0 Å². The van der Waals surface area contributed by atoms with E-state index in [2.05, 4.69) is 4.72 Å². The van der Waals surface area contributed by atoms with Crippen LogP contribution in [-0.4, -0.2) is 55.1 Å². The van der Waals surface area contributed by atoms with Gasteiger partial charge in [-0.2, -0.15) is 0 Å². The number of β-amino-alcohol motifs (C(OH)–C–C–N with tert-alkyl or cyclic N) is 1. The molecule has 2 heterocycles. The Morgan fingerprint density at radius 3 is 2.80 bits per heavy atom. The van der Waals surface area contributed by atoms with Crippen molar-refractivity contribution in [3.63, 3.8) is 0 Å². The van der Waals surface area contributed by atoms with Crippen molar-refractivity contribution >= 4 is 15.9 Å². The van der Waals surface area contributed by atoms with Gasteiger partial charge in [0, 0.05) is 26.3 Å². The number of nitrogens with one attached hydrogen (secondary N) is 1. The highest BCUT2D eigenvalue weighted by molar-refractivity contribution is 7.89. The topological polar surface area (TPSA) is 91.6 Å². The molecule has 7 nitrogen and oxygen atoms in total. The number of aliphatic hydroxyl groups excluding tert-OH is 1. The summed E-state index contributed by atoms with van der Waals surface area (Å²) in [5, 5.41) is 9.61. The van der Waals surface area contributed by atoms with Crippen molar-refractivity contribution in [3.8, 4) is 0 Å². The van der Waals surface area contributed by atoms with Crippen LogP contribution in [0.2, 0.25) is 0 Å². The van der Waals surface area contributed by atoms with Crippen LogP contribution in [0.4, 0.5) is 0 Å². The second-order valence-electron chi connectivity index (χ2n) is 4.93. The molecule has 1 aliphatic rings. The van der Waals surface area contributed by atoms with Crippen LogP contribution in [0, 0.1) is 0 Å². The number of aromatic nitrogens is 1. The highest BCUT2D eigenvalue weighted by Gasteiger charge is 2.26. The minimum Gasteiger partial charge on any atom is -0.391 e. The molecular weight excluding hydrogens is 282 g/mol. The number of likely N-dealkylation sites (tertiary alicyclic amines) is 1. The predicted molar refractivity (Wildman–Crippen MR) is 72.8 cm³/mol. The zero-order valence-corrected chi connectivity index (χ0v) is 12.4. The Morgan fingerprint density at radius 2 is 2.20 bits per heavy atom. The Kier molecular flexibility index (Phi) is 4.17. The van der Waals surface area contributed by atoms with Gasteiger partial charge in [0.2, 0.25) is 10.0 Å². The summed E-state index contributed by atoms with van der Waals surface area (Å²) >= 11 is 0. The molecule has 1 fully saturated rings. The number of hydrogen-bond acceptors (Lipinski definition) is 4. The van der Waals surface area contributed by atoms with Gasteiger partial charge in [-0.15, -0.1) is 0 Å². The summed E-state index contributed by atoms with van der Waals surface area (Å²) in [7, 11) is -0.614. The molecule has 8 heteroatoms. The fraction of sp³-hybridized carbons (Fsp3) is 0.583. The van der Waals surface area contributed by atoms with Crippen LogP contribution in [0.5, 0.6) is 0 Å². The van der Waals surface area contributed by atoms with Gasteiger partial charge in [-0.3, -0.25) is 4.79 Å². The van der Waals surface area contributed by atoms with Crippen molar-refractivity contribution in [1.29, 1.82) is 0 Å². The third-order valence-corrected chi connectivity index (χ3v) is 4.84. The van der Waals surface area contributed by atoms with Gasteiger partial charge in [-0.05, 0) is 26.0 Å². The largest absolute Gasteiger partial charge is 0.391 e. The number of nitrogens with zero attached hydrogens (tertiary/aromatic N) is 2.